The molecule has 1 N–H and O–H groups in total. The number of aromatic nitrogens is 2. The molecule has 0 unspecified atom stereocenters. The molecule has 0 bridgehead atoms. The Labute approximate surface area is 180 Å². The third kappa shape index (κ3) is 5.14. The molecule has 3 aromatic rings. The van der Waals surface area contributed by atoms with Gasteiger partial charge in [-0.1, -0.05) is 47.4 Å². The summed E-state index contributed by atoms with van der Waals surface area (Å²) in [5.74, 6) is 0.309. The van der Waals surface area contributed by atoms with Gasteiger partial charge in [0, 0.05) is 31.9 Å². The normalized spacial score (nSPS) is 14.1. The number of anilines is 2. The van der Waals surface area contributed by atoms with Gasteiger partial charge in [-0.3, -0.25) is 9.59 Å². The molecule has 1 saturated heterocycles. The van der Waals surface area contributed by atoms with Gasteiger partial charge >= 0.3 is 0 Å². The van der Waals surface area contributed by atoms with Crippen LogP contribution in [0, 0.1) is 0 Å². The van der Waals surface area contributed by atoms with Gasteiger partial charge in [-0.15, -0.1) is 21.5 Å². The van der Waals surface area contributed by atoms with E-state index in [1.165, 1.54) is 34.4 Å². The van der Waals surface area contributed by atoms with Gasteiger partial charge in [-0.05, 0) is 23.6 Å². The largest absolute Gasteiger partial charge is 0.343 e. The molecule has 10 heteroatoms. The first-order chi connectivity index (χ1) is 14.2. The minimum Gasteiger partial charge on any atom is -0.343 e. The van der Waals surface area contributed by atoms with Crippen LogP contribution in [0.5, 0.6) is 0 Å². The number of nitrogens with one attached hydrogen (secondary N) is 1. The van der Waals surface area contributed by atoms with Crippen LogP contribution in [0.3, 0.4) is 0 Å². The standard InChI is InChI=1S/C19H19N5O2S3/c25-16(20-14-5-2-1-3-6-14)13-28-19-22-21-18(29-19)24-10-8-23(9-11-24)17(26)15-7-4-12-27-15/h1-7,12H,8-11,13H2,(H,20,25). The molecule has 7 nitrogen and oxygen atoms in total. The number of para-hydroxylation sites is 1. The first-order valence-corrected chi connectivity index (χ1v) is 11.8. The van der Waals surface area contributed by atoms with E-state index < -0.39 is 0 Å². The number of thiophene rings is 1. The third-order valence-corrected chi connectivity index (χ3v) is 7.32. The average Bonchev–Trinajstić information content (AvgIpc) is 3.45. The van der Waals surface area contributed by atoms with Crippen LogP contribution in [0.4, 0.5) is 10.8 Å². The molecule has 1 aliphatic heterocycles. The summed E-state index contributed by atoms with van der Waals surface area (Å²) in [6, 6.07) is 13.1. The maximum Gasteiger partial charge on any atom is 0.264 e. The van der Waals surface area contributed by atoms with Crippen LogP contribution in [0.15, 0.2) is 52.2 Å². The maximum absolute atomic E-state index is 12.4. The molecule has 1 fully saturated rings. The Kier molecular flexibility index (Phi) is 6.43. The zero-order valence-electron chi connectivity index (χ0n) is 15.5. The summed E-state index contributed by atoms with van der Waals surface area (Å²) < 4.78 is 0.764. The SMILES string of the molecule is O=C(CSc1nnc(N2CCN(C(=O)c3cccs3)CC2)s1)Nc1ccccc1. The van der Waals surface area contributed by atoms with Gasteiger partial charge < -0.3 is 15.1 Å². The predicted molar refractivity (Wildman–Crippen MR) is 118 cm³/mol. The lowest BCUT2D eigenvalue weighted by Crippen LogP contribution is -2.48. The quantitative estimate of drug-likeness (QED) is 0.587. The number of thioether (sulfide) groups is 1. The van der Waals surface area contributed by atoms with Crippen molar-refractivity contribution in [2.24, 2.45) is 0 Å². The van der Waals surface area contributed by atoms with Gasteiger partial charge in [0.1, 0.15) is 0 Å². The van der Waals surface area contributed by atoms with Crippen molar-refractivity contribution in [1.82, 2.24) is 15.1 Å². The van der Waals surface area contributed by atoms with Crippen molar-refractivity contribution in [3.63, 3.8) is 0 Å². The average molecular weight is 446 g/mol. The Morgan fingerprint density at radius 2 is 1.83 bits per heavy atom. The number of carbonyl (C=O) groups is 2. The summed E-state index contributed by atoms with van der Waals surface area (Å²) in [6.45, 7) is 2.78. The summed E-state index contributed by atoms with van der Waals surface area (Å²) in [7, 11) is 0. The monoisotopic (exact) mass is 445 g/mol. The molecule has 0 spiro atoms. The highest BCUT2D eigenvalue weighted by molar-refractivity contribution is 8.01. The lowest BCUT2D eigenvalue weighted by molar-refractivity contribution is -0.113. The number of hydrogen-bond acceptors (Lipinski definition) is 8. The van der Waals surface area contributed by atoms with Gasteiger partial charge in [0.25, 0.3) is 5.91 Å². The van der Waals surface area contributed by atoms with E-state index in [0.29, 0.717) is 13.1 Å². The fourth-order valence-corrected chi connectivity index (χ4v) is 5.27. The molecule has 3 heterocycles. The van der Waals surface area contributed by atoms with E-state index in [4.69, 9.17) is 0 Å². The number of carbonyl (C=O) groups excluding carboxylic acids is 2. The fourth-order valence-electron chi connectivity index (χ4n) is 2.89. The van der Waals surface area contributed by atoms with E-state index in [1.807, 2.05) is 52.7 Å². The molecule has 0 aliphatic carbocycles. The number of rotatable bonds is 6. The molecule has 0 saturated carbocycles. The first kappa shape index (κ1) is 19.9. The number of piperazine rings is 1. The first-order valence-electron chi connectivity index (χ1n) is 9.08. The van der Waals surface area contributed by atoms with Crippen LogP contribution in [-0.4, -0.2) is 58.8 Å². The van der Waals surface area contributed by atoms with Crippen LogP contribution >= 0.6 is 34.4 Å². The van der Waals surface area contributed by atoms with Crippen molar-refractivity contribution in [2.45, 2.75) is 4.34 Å². The minimum atomic E-state index is -0.0707. The molecule has 29 heavy (non-hydrogen) atoms. The summed E-state index contributed by atoms with van der Waals surface area (Å²) >= 11 is 4.33. The van der Waals surface area contributed by atoms with E-state index in [1.54, 1.807) is 0 Å². The van der Waals surface area contributed by atoms with Crippen LogP contribution in [-0.2, 0) is 4.79 Å². The lowest BCUT2D eigenvalue weighted by atomic mass is 10.3. The molecule has 2 amide bonds. The minimum absolute atomic E-state index is 0.0707. The number of nitrogens with zero attached hydrogens (tertiary/aromatic N) is 4. The Balaban J connectivity index is 1.25. The maximum atomic E-state index is 12.4. The second kappa shape index (κ2) is 9.38. The van der Waals surface area contributed by atoms with Crippen molar-refractivity contribution in [2.75, 3.05) is 42.1 Å². The Hall–Kier alpha value is -2.43. The lowest BCUT2D eigenvalue weighted by Gasteiger charge is -2.34. The summed E-state index contributed by atoms with van der Waals surface area (Å²) in [6.07, 6.45) is 0. The van der Waals surface area contributed by atoms with Gasteiger partial charge in [0.15, 0.2) is 4.34 Å². The van der Waals surface area contributed by atoms with Crippen molar-refractivity contribution >= 4 is 57.1 Å². The molecule has 150 valence electrons. The molecule has 0 radical (unpaired) electrons. The van der Waals surface area contributed by atoms with Crippen molar-refractivity contribution in [3.8, 4) is 0 Å². The van der Waals surface area contributed by atoms with Crippen LogP contribution < -0.4 is 10.2 Å². The third-order valence-electron chi connectivity index (χ3n) is 4.35. The van der Waals surface area contributed by atoms with E-state index in [-0.39, 0.29) is 17.6 Å². The zero-order chi connectivity index (χ0) is 20.1. The topological polar surface area (TPSA) is 78.4 Å². The zero-order valence-corrected chi connectivity index (χ0v) is 17.9. The molecular weight excluding hydrogens is 426 g/mol. The van der Waals surface area contributed by atoms with E-state index in [0.717, 1.165) is 33.1 Å². The molecule has 2 aromatic heterocycles. The van der Waals surface area contributed by atoms with Gasteiger partial charge in [-0.25, -0.2) is 0 Å². The van der Waals surface area contributed by atoms with Crippen LogP contribution in [0.1, 0.15) is 9.67 Å². The molecular formula is C19H19N5O2S3. The van der Waals surface area contributed by atoms with Crippen LogP contribution in [0.2, 0.25) is 0 Å². The van der Waals surface area contributed by atoms with Gasteiger partial charge in [0.2, 0.25) is 11.0 Å². The van der Waals surface area contributed by atoms with E-state index in [2.05, 4.69) is 20.4 Å². The predicted octanol–water partition coefficient (Wildman–Crippen LogP) is 3.29. The Morgan fingerprint density at radius 3 is 2.55 bits per heavy atom. The second-order valence-corrected chi connectivity index (χ2v) is 9.44. The van der Waals surface area contributed by atoms with Crippen LogP contribution in [0.25, 0.3) is 0 Å². The number of benzene rings is 1. The summed E-state index contributed by atoms with van der Waals surface area (Å²) in [4.78, 5) is 29.3. The summed E-state index contributed by atoms with van der Waals surface area (Å²) in [5.41, 5.74) is 0.783. The Morgan fingerprint density at radius 1 is 1.03 bits per heavy atom. The molecule has 1 aromatic carbocycles. The van der Waals surface area contributed by atoms with E-state index in [9.17, 15) is 9.59 Å². The highest BCUT2D eigenvalue weighted by atomic mass is 32.2. The second-order valence-electron chi connectivity index (χ2n) is 6.31. The van der Waals surface area contributed by atoms with Crippen molar-refractivity contribution < 1.29 is 9.59 Å². The molecule has 4 rings (SSSR count). The number of hydrogen-bond donors (Lipinski definition) is 1. The van der Waals surface area contributed by atoms with E-state index >= 15 is 0 Å². The Bertz CT molecular complexity index is 953. The number of amides is 2. The van der Waals surface area contributed by atoms with Gasteiger partial charge in [0.05, 0.1) is 10.6 Å². The highest BCUT2D eigenvalue weighted by Gasteiger charge is 2.24. The highest BCUT2D eigenvalue weighted by Crippen LogP contribution is 2.29. The van der Waals surface area contributed by atoms with Gasteiger partial charge in [-0.2, -0.15) is 0 Å². The van der Waals surface area contributed by atoms with Crippen molar-refractivity contribution in [1.29, 1.82) is 0 Å². The molecule has 1 aliphatic rings. The van der Waals surface area contributed by atoms with Crippen molar-refractivity contribution in [3.05, 3.63) is 52.7 Å². The molecule has 0 atom stereocenters. The summed E-state index contributed by atoms with van der Waals surface area (Å²) in [5, 5.41) is 14.1. The smallest absolute Gasteiger partial charge is 0.264 e. The fraction of sp³-hybridized carbons (Fsp3) is 0.263.